The van der Waals surface area contributed by atoms with Gasteiger partial charge in [-0.15, -0.1) is 0 Å². The number of phenols is 1. The van der Waals surface area contributed by atoms with Gasteiger partial charge in [-0.25, -0.2) is 0 Å². The zero-order chi connectivity index (χ0) is 13.4. The average Bonchev–Trinajstić information content (AvgIpc) is 2.06. The van der Waals surface area contributed by atoms with E-state index in [1.807, 2.05) is 0 Å². The van der Waals surface area contributed by atoms with Crippen molar-refractivity contribution in [2.24, 2.45) is 0 Å². The van der Waals surface area contributed by atoms with Crippen LogP contribution in [0.5, 0.6) is 5.75 Å². The lowest BCUT2D eigenvalue weighted by Crippen LogP contribution is -2.21. The van der Waals surface area contributed by atoms with Gasteiger partial charge in [0.15, 0.2) is 0 Å². The Labute approximate surface area is 97.2 Å². The Hall–Kier alpha value is -1.36. The zero-order valence-corrected chi connectivity index (χ0v) is 9.81. The number of anilines is 1. The van der Waals surface area contributed by atoms with Crippen LogP contribution in [0.2, 0.25) is 0 Å². The molecular weight excluding hydrogens is 274 g/mol. The molecule has 1 aromatic rings. The van der Waals surface area contributed by atoms with Crippen molar-refractivity contribution >= 4 is 25.9 Å². The van der Waals surface area contributed by atoms with Crippen molar-refractivity contribution in [2.45, 2.75) is 4.58 Å². The molecule has 0 aromatic heterocycles. The topological polar surface area (TPSA) is 155 Å². The van der Waals surface area contributed by atoms with Gasteiger partial charge in [-0.05, 0) is 17.7 Å². The number of nitrogen functional groups attached to an aromatic ring is 1. The van der Waals surface area contributed by atoms with E-state index in [-0.39, 0.29) is 5.69 Å². The monoisotopic (exact) mass is 283 g/mol. The smallest absolute Gasteiger partial charge is 0.289 e. The summed E-state index contributed by atoms with van der Waals surface area (Å²) in [6.07, 6.45) is 0. The van der Waals surface area contributed by atoms with Crippen molar-refractivity contribution in [1.29, 1.82) is 0 Å². The van der Waals surface area contributed by atoms with E-state index in [0.717, 1.165) is 18.2 Å². The molecule has 0 spiro atoms. The first-order valence-electron chi connectivity index (χ1n) is 4.04. The molecular formula is C7H9NO7S2. The molecule has 0 saturated carbocycles. The minimum atomic E-state index is -5.08. The third-order valence-electron chi connectivity index (χ3n) is 1.86. The van der Waals surface area contributed by atoms with Crippen LogP contribution in [0.4, 0.5) is 5.69 Å². The Balaban J connectivity index is 3.50. The van der Waals surface area contributed by atoms with Gasteiger partial charge in [-0.2, -0.15) is 16.8 Å². The Morgan fingerprint density at radius 3 is 1.88 bits per heavy atom. The van der Waals surface area contributed by atoms with Crippen LogP contribution in [0, 0.1) is 0 Å². The van der Waals surface area contributed by atoms with Crippen LogP contribution in [-0.4, -0.2) is 31.0 Å². The highest BCUT2D eigenvalue weighted by Gasteiger charge is 2.37. The Morgan fingerprint density at radius 1 is 1.06 bits per heavy atom. The summed E-state index contributed by atoms with van der Waals surface area (Å²) in [5.41, 5.74) is 4.47. The van der Waals surface area contributed by atoms with Gasteiger partial charge in [-0.3, -0.25) is 9.11 Å². The Bertz CT molecular complexity index is 602. The summed E-state index contributed by atoms with van der Waals surface area (Å²) in [5, 5.41) is 9.08. The Kier molecular flexibility index (Phi) is 3.34. The molecule has 0 radical (unpaired) electrons. The molecule has 0 fully saturated rings. The van der Waals surface area contributed by atoms with Gasteiger partial charge < -0.3 is 10.8 Å². The zero-order valence-electron chi connectivity index (χ0n) is 8.18. The molecule has 10 heteroatoms. The van der Waals surface area contributed by atoms with Crippen molar-refractivity contribution in [3.63, 3.8) is 0 Å². The highest BCUT2D eigenvalue weighted by Crippen LogP contribution is 2.31. The molecule has 0 aliphatic carbocycles. The van der Waals surface area contributed by atoms with Crippen LogP contribution in [0.25, 0.3) is 0 Å². The number of nitrogens with two attached hydrogens (primary N) is 1. The third kappa shape index (κ3) is 3.06. The standard InChI is InChI=1S/C7H9NO7S2/c8-5-3-4(1-2-6(5)9)7(16(10,11)12)17(13,14)15/h1-3,7,9H,8H2,(H,10,11,12)(H,13,14,15). The lowest BCUT2D eigenvalue weighted by molar-refractivity contribution is 0.455. The lowest BCUT2D eigenvalue weighted by atomic mass is 10.2. The largest absolute Gasteiger partial charge is 0.506 e. The van der Waals surface area contributed by atoms with Gasteiger partial charge >= 0.3 is 0 Å². The summed E-state index contributed by atoms with van der Waals surface area (Å²) < 4.78 is 58.5. The minimum absolute atomic E-state index is 0.292. The van der Waals surface area contributed by atoms with E-state index < -0.39 is 36.1 Å². The molecule has 0 amide bonds. The fraction of sp³-hybridized carbons (Fsp3) is 0.143. The van der Waals surface area contributed by atoms with Crippen molar-refractivity contribution in [1.82, 2.24) is 0 Å². The number of rotatable bonds is 3. The highest BCUT2D eigenvalue weighted by atomic mass is 32.3. The molecule has 8 nitrogen and oxygen atoms in total. The number of phenolic OH excluding ortho intramolecular Hbond substituents is 1. The number of aromatic hydroxyl groups is 1. The first kappa shape index (κ1) is 13.7. The first-order valence-corrected chi connectivity index (χ1v) is 7.05. The maximum Gasteiger partial charge on any atom is 0.289 e. The molecule has 0 atom stereocenters. The number of benzene rings is 1. The van der Waals surface area contributed by atoms with Crippen LogP contribution < -0.4 is 5.73 Å². The summed E-state index contributed by atoms with van der Waals surface area (Å²) in [6.45, 7) is 0. The SMILES string of the molecule is Nc1cc(C(S(=O)(=O)O)S(=O)(=O)O)ccc1O. The van der Waals surface area contributed by atoms with Crippen LogP contribution in [0.15, 0.2) is 18.2 Å². The summed E-state index contributed by atoms with van der Waals surface area (Å²) >= 11 is 0. The van der Waals surface area contributed by atoms with Crippen LogP contribution in [0.1, 0.15) is 10.1 Å². The highest BCUT2D eigenvalue weighted by molar-refractivity contribution is 8.03. The van der Waals surface area contributed by atoms with E-state index in [9.17, 15) is 16.8 Å². The van der Waals surface area contributed by atoms with Gasteiger partial charge in [-0.1, -0.05) is 6.07 Å². The van der Waals surface area contributed by atoms with E-state index in [1.54, 1.807) is 0 Å². The molecule has 1 aromatic carbocycles. The molecule has 0 bridgehead atoms. The second kappa shape index (κ2) is 4.14. The van der Waals surface area contributed by atoms with Crippen molar-refractivity contribution in [2.75, 3.05) is 5.73 Å². The normalized spacial score (nSPS) is 12.9. The Morgan fingerprint density at radius 2 is 1.53 bits per heavy atom. The second-order valence-corrected chi connectivity index (χ2v) is 6.48. The van der Waals surface area contributed by atoms with Gasteiger partial charge in [0.05, 0.1) is 5.69 Å². The maximum absolute atomic E-state index is 10.9. The summed E-state index contributed by atoms with van der Waals surface area (Å²) in [6, 6.07) is 2.66. The molecule has 0 aliphatic rings. The van der Waals surface area contributed by atoms with E-state index in [0.29, 0.717) is 0 Å². The molecule has 17 heavy (non-hydrogen) atoms. The number of hydrogen-bond donors (Lipinski definition) is 4. The summed E-state index contributed by atoms with van der Waals surface area (Å²) in [4.78, 5) is 0. The fourth-order valence-electron chi connectivity index (χ4n) is 1.22. The average molecular weight is 283 g/mol. The van der Waals surface area contributed by atoms with E-state index in [1.165, 1.54) is 0 Å². The first-order chi connectivity index (χ1) is 7.53. The molecule has 0 aliphatic heterocycles. The van der Waals surface area contributed by atoms with E-state index >= 15 is 0 Å². The van der Waals surface area contributed by atoms with Crippen LogP contribution in [-0.2, 0) is 20.2 Å². The number of hydrogen-bond acceptors (Lipinski definition) is 6. The second-order valence-electron chi connectivity index (χ2n) is 3.18. The summed E-state index contributed by atoms with van der Waals surface area (Å²) in [5.74, 6) is -0.391. The van der Waals surface area contributed by atoms with E-state index in [2.05, 4.69) is 0 Å². The maximum atomic E-state index is 10.9. The van der Waals surface area contributed by atoms with Gasteiger partial charge in [0.25, 0.3) is 20.2 Å². The molecule has 5 N–H and O–H groups in total. The molecule has 96 valence electrons. The predicted molar refractivity (Wildman–Crippen MR) is 58.4 cm³/mol. The van der Waals surface area contributed by atoms with Gasteiger partial charge in [0, 0.05) is 0 Å². The van der Waals surface area contributed by atoms with Gasteiger partial charge in [0.1, 0.15) is 5.75 Å². The minimum Gasteiger partial charge on any atom is -0.506 e. The van der Waals surface area contributed by atoms with Crippen LogP contribution >= 0.6 is 0 Å². The molecule has 0 heterocycles. The fourth-order valence-corrected chi connectivity index (χ4v) is 3.43. The lowest BCUT2D eigenvalue weighted by Gasteiger charge is -2.11. The van der Waals surface area contributed by atoms with Gasteiger partial charge in [0.2, 0.25) is 4.58 Å². The molecule has 0 saturated heterocycles. The third-order valence-corrected chi connectivity index (χ3v) is 4.95. The summed E-state index contributed by atoms with van der Waals surface area (Å²) in [7, 11) is -10.2. The van der Waals surface area contributed by atoms with Crippen molar-refractivity contribution < 1.29 is 31.0 Å². The van der Waals surface area contributed by atoms with E-state index in [4.69, 9.17) is 19.9 Å². The van der Waals surface area contributed by atoms with Crippen LogP contribution in [0.3, 0.4) is 0 Å². The van der Waals surface area contributed by atoms with Crippen molar-refractivity contribution in [3.05, 3.63) is 23.8 Å². The predicted octanol–water partition coefficient (Wildman–Crippen LogP) is -0.251. The molecule has 0 unspecified atom stereocenters. The quantitative estimate of drug-likeness (QED) is 0.336. The molecule has 1 rings (SSSR count). The van der Waals surface area contributed by atoms with Crippen molar-refractivity contribution in [3.8, 4) is 5.75 Å².